The number of hydrogen-bond donors (Lipinski definition) is 0. The molecule has 0 radical (unpaired) electrons. The highest BCUT2D eigenvalue weighted by molar-refractivity contribution is 7.89. The number of esters is 1. The summed E-state index contributed by atoms with van der Waals surface area (Å²) in [6.07, 6.45) is 0.387. The van der Waals surface area contributed by atoms with E-state index in [0.717, 1.165) is 0 Å². The molecule has 0 N–H and O–H groups in total. The Balaban J connectivity index is 2.45. The van der Waals surface area contributed by atoms with Crippen molar-refractivity contribution < 1.29 is 22.7 Å². The van der Waals surface area contributed by atoms with Gasteiger partial charge in [0.15, 0.2) is 0 Å². The van der Waals surface area contributed by atoms with Gasteiger partial charge in [0, 0.05) is 25.9 Å². The molecule has 0 saturated carbocycles. The van der Waals surface area contributed by atoms with Crippen molar-refractivity contribution in [3.05, 3.63) is 0 Å². The number of carbonyl (C=O) groups is 2. The van der Waals surface area contributed by atoms with E-state index in [2.05, 4.69) is 4.74 Å². The lowest BCUT2D eigenvalue weighted by Gasteiger charge is -2.24. The number of ether oxygens (including phenoxy) is 1. The molecular formula is C10H17NO5S. The molecule has 1 fully saturated rings. The van der Waals surface area contributed by atoms with Gasteiger partial charge in [0.2, 0.25) is 10.0 Å². The molecule has 1 rings (SSSR count). The molecule has 0 aliphatic carbocycles. The normalized spacial score (nSPS) is 18.1. The molecule has 0 amide bonds. The third-order valence-corrected chi connectivity index (χ3v) is 4.41. The van der Waals surface area contributed by atoms with Gasteiger partial charge >= 0.3 is 5.97 Å². The van der Waals surface area contributed by atoms with Crippen LogP contribution in [0.25, 0.3) is 0 Å². The maximum atomic E-state index is 11.8. The van der Waals surface area contributed by atoms with Gasteiger partial charge in [0.1, 0.15) is 5.78 Å². The van der Waals surface area contributed by atoms with Crippen LogP contribution in [0.4, 0.5) is 0 Å². The summed E-state index contributed by atoms with van der Waals surface area (Å²) in [6, 6.07) is 0. The molecule has 1 aliphatic heterocycles. The molecule has 17 heavy (non-hydrogen) atoms. The minimum atomic E-state index is -3.44. The molecule has 0 atom stereocenters. The molecule has 0 aromatic heterocycles. The van der Waals surface area contributed by atoms with Crippen molar-refractivity contribution in [2.75, 3.05) is 25.4 Å². The summed E-state index contributed by atoms with van der Waals surface area (Å²) in [5, 5.41) is 0. The monoisotopic (exact) mass is 263 g/mol. The zero-order valence-electron chi connectivity index (χ0n) is 9.85. The van der Waals surface area contributed by atoms with Crippen LogP contribution < -0.4 is 0 Å². The maximum Gasteiger partial charge on any atom is 0.306 e. The Morgan fingerprint density at radius 1 is 1.35 bits per heavy atom. The summed E-state index contributed by atoms with van der Waals surface area (Å²) < 4.78 is 29.6. The second kappa shape index (κ2) is 6.11. The van der Waals surface area contributed by atoms with Crippen LogP contribution in [-0.4, -0.2) is 49.9 Å². The molecular weight excluding hydrogens is 246 g/mol. The molecule has 98 valence electrons. The summed E-state index contributed by atoms with van der Waals surface area (Å²) in [5.74, 6) is -0.675. The molecule has 0 spiro atoms. The highest BCUT2D eigenvalue weighted by atomic mass is 32.2. The molecule has 0 aromatic carbocycles. The third-order valence-electron chi connectivity index (χ3n) is 2.54. The average molecular weight is 263 g/mol. The molecule has 0 unspecified atom stereocenters. The van der Waals surface area contributed by atoms with Crippen LogP contribution in [-0.2, 0) is 24.3 Å². The van der Waals surface area contributed by atoms with Gasteiger partial charge in [-0.1, -0.05) is 0 Å². The number of carbonyl (C=O) groups excluding carboxylic acids is 2. The summed E-state index contributed by atoms with van der Waals surface area (Å²) in [4.78, 5) is 22.1. The molecule has 1 aliphatic rings. The van der Waals surface area contributed by atoms with E-state index in [1.165, 1.54) is 4.31 Å². The van der Waals surface area contributed by atoms with Crippen molar-refractivity contribution in [3.8, 4) is 0 Å². The van der Waals surface area contributed by atoms with Crippen LogP contribution in [0.5, 0.6) is 0 Å². The zero-order chi connectivity index (χ0) is 12.9. The van der Waals surface area contributed by atoms with E-state index in [4.69, 9.17) is 0 Å². The fraction of sp³-hybridized carbons (Fsp3) is 0.800. The maximum absolute atomic E-state index is 11.8. The Morgan fingerprint density at radius 3 is 2.47 bits per heavy atom. The first-order valence-corrected chi connectivity index (χ1v) is 7.22. The lowest BCUT2D eigenvalue weighted by molar-refractivity contribution is -0.142. The summed E-state index contributed by atoms with van der Waals surface area (Å²) in [6.45, 7) is 2.37. The molecule has 0 aromatic rings. The first-order chi connectivity index (χ1) is 7.95. The topological polar surface area (TPSA) is 80.8 Å². The van der Waals surface area contributed by atoms with E-state index < -0.39 is 16.0 Å². The van der Waals surface area contributed by atoms with Gasteiger partial charge in [0.25, 0.3) is 0 Å². The van der Waals surface area contributed by atoms with Crippen molar-refractivity contribution in [3.63, 3.8) is 0 Å². The van der Waals surface area contributed by atoms with Crippen molar-refractivity contribution in [2.45, 2.75) is 26.2 Å². The number of Topliss-reactive ketones (excluding diaryl/α,β-unsaturated/α-hetero) is 1. The predicted molar refractivity (Wildman–Crippen MR) is 60.9 cm³/mol. The minimum absolute atomic E-state index is 0.0850. The van der Waals surface area contributed by atoms with Crippen LogP contribution >= 0.6 is 0 Å². The molecule has 1 heterocycles. The Hall–Kier alpha value is -0.950. The fourth-order valence-electron chi connectivity index (χ4n) is 1.59. The Morgan fingerprint density at radius 2 is 1.94 bits per heavy atom. The van der Waals surface area contributed by atoms with E-state index in [1.54, 1.807) is 6.92 Å². The minimum Gasteiger partial charge on any atom is -0.466 e. The zero-order valence-corrected chi connectivity index (χ0v) is 10.7. The predicted octanol–water partition coefficient (Wildman–Crippen LogP) is -0.0657. The molecule has 6 nitrogen and oxygen atoms in total. The summed E-state index contributed by atoms with van der Waals surface area (Å²) >= 11 is 0. The Kier molecular flexibility index (Phi) is 5.07. The van der Waals surface area contributed by atoms with Crippen molar-refractivity contribution in [1.29, 1.82) is 0 Å². The number of rotatable bonds is 5. The van der Waals surface area contributed by atoms with Crippen LogP contribution in [0.1, 0.15) is 26.2 Å². The largest absolute Gasteiger partial charge is 0.466 e. The third kappa shape index (κ3) is 4.43. The van der Waals surface area contributed by atoms with Gasteiger partial charge < -0.3 is 4.74 Å². The smallest absolute Gasteiger partial charge is 0.306 e. The highest BCUT2D eigenvalue weighted by Crippen LogP contribution is 2.12. The van der Waals surface area contributed by atoms with E-state index in [0.29, 0.717) is 0 Å². The van der Waals surface area contributed by atoms with Crippen molar-refractivity contribution in [1.82, 2.24) is 4.31 Å². The van der Waals surface area contributed by atoms with Crippen LogP contribution in [0.2, 0.25) is 0 Å². The van der Waals surface area contributed by atoms with Crippen molar-refractivity contribution in [2.24, 2.45) is 0 Å². The summed E-state index contributed by atoms with van der Waals surface area (Å²) in [7, 11) is -3.44. The number of piperidine rings is 1. The fourth-order valence-corrected chi connectivity index (χ4v) is 3.01. The molecule has 1 saturated heterocycles. The number of nitrogens with zero attached hydrogens (tertiary/aromatic N) is 1. The molecule has 7 heteroatoms. The van der Waals surface area contributed by atoms with Gasteiger partial charge in [-0.2, -0.15) is 0 Å². The average Bonchev–Trinajstić information content (AvgIpc) is 2.28. The van der Waals surface area contributed by atoms with E-state index in [1.807, 2.05) is 0 Å². The number of ketones is 1. The van der Waals surface area contributed by atoms with Crippen LogP contribution in [0.3, 0.4) is 0 Å². The van der Waals surface area contributed by atoms with Crippen LogP contribution in [0, 0.1) is 0 Å². The summed E-state index contributed by atoms with van der Waals surface area (Å²) in [5.41, 5.74) is 0. The van der Waals surface area contributed by atoms with Gasteiger partial charge in [-0.05, 0) is 6.92 Å². The Labute approximate surface area is 101 Å². The highest BCUT2D eigenvalue weighted by Gasteiger charge is 2.27. The standard InChI is InChI=1S/C10H17NO5S/c1-2-16-10(13)5-8-17(14,15)11-6-3-9(12)4-7-11/h2-8H2,1H3. The quantitative estimate of drug-likeness (QED) is 0.649. The van der Waals surface area contributed by atoms with Gasteiger partial charge in [0.05, 0.1) is 18.8 Å². The van der Waals surface area contributed by atoms with E-state index >= 15 is 0 Å². The molecule has 0 bridgehead atoms. The van der Waals surface area contributed by atoms with Gasteiger partial charge in [-0.25, -0.2) is 12.7 Å². The lowest BCUT2D eigenvalue weighted by Crippen LogP contribution is -2.40. The van der Waals surface area contributed by atoms with Gasteiger partial charge in [-0.15, -0.1) is 0 Å². The second-order valence-electron chi connectivity index (χ2n) is 3.81. The lowest BCUT2D eigenvalue weighted by atomic mass is 10.1. The van der Waals surface area contributed by atoms with E-state index in [-0.39, 0.29) is 50.5 Å². The first-order valence-electron chi connectivity index (χ1n) is 5.61. The van der Waals surface area contributed by atoms with E-state index in [9.17, 15) is 18.0 Å². The SMILES string of the molecule is CCOC(=O)CCS(=O)(=O)N1CCC(=O)CC1. The van der Waals surface area contributed by atoms with Crippen molar-refractivity contribution >= 4 is 21.8 Å². The number of hydrogen-bond acceptors (Lipinski definition) is 5. The Bertz CT molecular complexity index is 380. The first kappa shape index (κ1) is 14.1. The second-order valence-corrected chi connectivity index (χ2v) is 5.90. The van der Waals surface area contributed by atoms with Crippen LogP contribution in [0.15, 0.2) is 0 Å². The number of sulfonamides is 1. The van der Waals surface area contributed by atoms with Gasteiger partial charge in [-0.3, -0.25) is 9.59 Å².